The molecule has 2 saturated heterocycles. The monoisotopic (exact) mass is 401 g/mol. The number of rotatable bonds is 3. The molecule has 0 aliphatic carbocycles. The first kappa shape index (κ1) is 21.2. The second-order valence-corrected chi connectivity index (χ2v) is 6.44. The van der Waals surface area contributed by atoms with Crippen LogP contribution in [0, 0.1) is 5.92 Å². The molecule has 0 saturated carbocycles. The van der Waals surface area contributed by atoms with E-state index in [0.29, 0.717) is 22.3 Å². The lowest BCUT2D eigenvalue weighted by atomic mass is 9.86. The van der Waals surface area contributed by atoms with Crippen molar-refractivity contribution in [2.75, 3.05) is 39.4 Å². The Morgan fingerprint density at radius 1 is 1.13 bits per heavy atom. The second-order valence-electron chi connectivity index (χ2n) is 5.69. The number of nitrogens with zero attached hydrogens (tertiary/aromatic N) is 2. The van der Waals surface area contributed by atoms with E-state index in [9.17, 15) is 0 Å². The molecule has 3 rings (SSSR count). The highest BCUT2D eigenvalue weighted by molar-refractivity contribution is 6.32. The zero-order valence-electron chi connectivity index (χ0n) is 12.8. The molecule has 3 heterocycles. The molecule has 1 aromatic rings. The smallest absolute Gasteiger partial charge is 0.135 e. The molecule has 0 aromatic carbocycles. The van der Waals surface area contributed by atoms with Gasteiger partial charge in [0.05, 0.1) is 0 Å². The van der Waals surface area contributed by atoms with Gasteiger partial charge in [0.2, 0.25) is 0 Å². The van der Waals surface area contributed by atoms with Crippen LogP contribution in [0.1, 0.15) is 24.4 Å². The number of aromatic nitrogens is 1. The topological polar surface area (TPSA) is 37.4 Å². The highest BCUT2D eigenvalue weighted by Crippen LogP contribution is 2.38. The molecule has 2 aliphatic heterocycles. The van der Waals surface area contributed by atoms with Gasteiger partial charge in [-0.25, -0.2) is 4.98 Å². The molecular formula is C15H23Cl4N3O. The molecule has 2 fully saturated rings. The van der Waals surface area contributed by atoms with Crippen LogP contribution in [-0.4, -0.2) is 49.3 Å². The molecule has 4 nitrogen and oxygen atoms in total. The summed E-state index contributed by atoms with van der Waals surface area (Å²) in [6.07, 6.45) is 2.15. The fraction of sp³-hybridized carbons (Fsp3) is 0.667. The minimum atomic E-state index is 0. The summed E-state index contributed by atoms with van der Waals surface area (Å²) in [6.45, 7) is 5.82. The van der Waals surface area contributed by atoms with E-state index >= 15 is 0 Å². The van der Waals surface area contributed by atoms with Gasteiger partial charge in [-0.15, -0.1) is 24.8 Å². The third-order valence-corrected chi connectivity index (χ3v) is 4.93. The Bertz CT molecular complexity index is 462. The van der Waals surface area contributed by atoms with E-state index in [2.05, 4.69) is 15.2 Å². The molecule has 1 aromatic heterocycles. The molecule has 0 spiro atoms. The van der Waals surface area contributed by atoms with Gasteiger partial charge in [-0.05, 0) is 24.8 Å². The molecule has 0 bridgehead atoms. The van der Waals surface area contributed by atoms with Crippen LogP contribution in [0.3, 0.4) is 0 Å². The van der Waals surface area contributed by atoms with Gasteiger partial charge in [-0.3, -0.25) is 4.90 Å². The number of hydrogen-bond donors (Lipinski definition) is 1. The van der Waals surface area contributed by atoms with Gasteiger partial charge in [0.15, 0.2) is 0 Å². The largest absolute Gasteiger partial charge is 0.381 e. The fourth-order valence-corrected chi connectivity index (χ4v) is 3.84. The zero-order valence-corrected chi connectivity index (χ0v) is 16.0. The lowest BCUT2D eigenvalue weighted by Gasteiger charge is -2.41. The Morgan fingerprint density at radius 3 is 2.39 bits per heavy atom. The normalized spacial score (nSPS) is 21.1. The van der Waals surface area contributed by atoms with Crippen molar-refractivity contribution in [1.82, 2.24) is 15.2 Å². The Labute approximate surface area is 160 Å². The molecule has 0 unspecified atom stereocenters. The van der Waals surface area contributed by atoms with Gasteiger partial charge in [0.25, 0.3) is 0 Å². The van der Waals surface area contributed by atoms with Gasteiger partial charge >= 0.3 is 0 Å². The van der Waals surface area contributed by atoms with Gasteiger partial charge in [-0.1, -0.05) is 29.3 Å². The second kappa shape index (κ2) is 10.2. The standard InChI is InChI=1S/C15H21Cl2N3O.2ClH/c16-13-2-1-12(15(17)19-13)14(11-3-9-21-10-4-11)20-7-5-18-6-8-20;;/h1-2,11,14,18H,3-10H2;2*1H/t14-;;/m1../s1. The van der Waals surface area contributed by atoms with E-state index in [0.717, 1.165) is 57.8 Å². The summed E-state index contributed by atoms with van der Waals surface area (Å²) in [4.78, 5) is 6.77. The number of hydrogen-bond acceptors (Lipinski definition) is 4. The van der Waals surface area contributed by atoms with E-state index in [-0.39, 0.29) is 24.8 Å². The van der Waals surface area contributed by atoms with Crippen molar-refractivity contribution in [2.45, 2.75) is 18.9 Å². The number of pyridine rings is 1. The summed E-state index contributed by atoms with van der Waals surface area (Å²) in [7, 11) is 0. The summed E-state index contributed by atoms with van der Waals surface area (Å²) in [6, 6.07) is 4.20. The van der Waals surface area contributed by atoms with Gasteiger partial charge < -0.3 is 10.1 Å². The van der Waals surface area contributed by atoms with E-state index in [1.54, 1.807) is 0 Å². The minimum Gasteiger partial charge on any atom is -0.381 e. The summed E-state index contributed by atoms with van der Waals surface area (Å²) in [5.74, 6) is 0.567. The Kier molecular flexibility index (Phi) is 9.46. The fourth-order valence-electron chi connectivity index (χ4n) is 3.38. The van der Waals surface area contributed by atoms with Crippen molar-refractivity contribution in [2.24, 2.45) is 5.92 Å². The van der Waals surface area contributed by atoms with Crippen LogP contribution in [0.25, 0.3) is 0 Å². The highest BCUT2D eigenvalue weighted by atomic mass is 35.5. The molecule has 0 radical (unpaired) electrons. The SMILES string of the molecule is Cl.Cl.Clc1ccc([C@@H](C2CCOCC2)N2CCNCC2)c(Cl)n1. The van der Waals surface area contributed by atoms with E-state index in [4.69, 9.17) is 27.9 Å². The number of halogens is 4. The van der Waals surface area contributed by atoms with Crippen LogP contribution < -0.4 is 5.32 Å². The maximum atomic E-state index is 6.39. The molecular weight excluding hydrogens is 380 g/mol. The number of nitrogens with one attached hydrogen (secondary N) is 1. The van der Waals surface area contributed by atoms with Crippen LogP contribution in [-0.2, 0) is 4.74 Å². The maximum absolute atomic E-state index is 6.39. The average Bonchev–Trinajstić information content (AvgIpc) is 2.52. The van der Waals surface area contributed by atoms with Gasteiger partial charge in [0, 0.05) is 51.0 Å². The average molecular weight is 403 g/mol. The summed E-state index contributed by atoms with van der Waals surface area (Å²) in [5.41, 5.74) is 1.11. The number of piperazine rings is 1. The Balaban J connectivity index is 0.00000132. The summed E-state index contributed by atoms with van der Waals surface area (Å²) >= 11 is 12.3. The first-order chi connectivity index (χ1) is 10.3. The van der Waals surface area contributed by atoms with Crippen LogP contribution in [0.5, 0.6) is 0 Å². The van der Waals surface area contributed by atoms with E-state index in [1.807, 2.05) is 12.1 Å². The first-order valence-corrected chi connectivity index (χ1v) is 8.36. The lowest BCUT2D eigenvalue weighted by Crippen LogP contribution is -2.47. The van der Waals surface area contributed by atoms with E-state index in [1.165, 1.54) is 0 Å². The molecule has 1 N–H and O–H groups in total. The molecule has 23 heavy (non-hydrogen) atoms. The van der Waals surface area contributed by atoms with Crippen molar-refractivity contribution in [1.29, 1.82) is 0 Å². The van der Waals surface area contributed by atoms with Crippen LogP contribution in [0.15, 0.2) is 12.1 Å². The highest BCUT2D eigenvalue weighted by Gasteiger charge is 2.32. The van der Waals surface area contributed by atoms with Gasteiger partial charge in [0.1, 0.15) is 10.3 Å². The third kappa shape index (κ3) is 5.33. The summed E-state index contributed by atoms with van der Waals surface area (Å²) in [5, 5.41) is 4.40. The Morgan fingerprint density at radius 2 is 1.78 bits per heavy atom. The molecule has 0 amide bonds. The Hall–Kier alpha value is 0.190. The maximum Gasteiger partial charge on any atom is 0.135 e. The molecule has 8 heteroatoms. The molecule has 132 valence electrons. The lowest BCUT2D eigenvalue weighted by molar-refractivity contribution is 0.0212. The molecule has 2 aliphatic rings. The quantitative estimate of drug-likeness (QED) is 0.783. The molecule has 1 atom stereocenters. The minimum absolute atomic E-state index is 0. The van der Waals surface area contributed by atoms with E-state index < -0.39 is 0 Å². The van der Waals surface area contributed by atoms with Crippen molar-refractivity contribution >= 4 is 48.0 Å². The van der Waals surface area contributed by atoms with Crippen LogP contribution >= 0.6 is 48.0 Å². The van der Waals surface area contributed by atoms with Crippen molar-refractivity contribution in [3.63, 3.8) is 0 Å². The zero-order chi connectivity index (χ0) is 14.7. The van der Waals surface area contributed by atoms with Crippen molar-refractivity contribution in [3.8, 4) is 0 Å². The predicted octanol–water partition coefficient (Wildman–Crippen LogP) is 3.60. The summed E-state index contributed by atoms with van der Waals surface area (Å²) < 4.78 is 5.52. The van der Waals surface area contributed by atoms with Crippen LogP contribution in [0.2, 0.25) is 10.3 Å². The first-order valence-electron chi connectivity index (χ1n) is 7.60. The van der Waals surface area contributed by atoms with Crippen molar-refractivity contribution in [3.05, 3.63) is 28.0 Å². The number of ether oxygens (including phenoxy) is 1. The third-order valence-electron chi connectivity index (χ3n) is 4.42. The predicted molar refractivity (Wildman–Crippen MR) is 99.5 cm³/mol. The van der Waals surface area contributed by atoms with Gasteiger partial charge in [-0.2, -0.15) is 0 Å². The van der Waals surface area contributed by atoms with Crippen LogP contribution in [0.4, 0.5) is 0 Å². The van der Waals surface area contributed by atoms with Crippen molar-refractivity contribution < 1.29 is 4.74 Å².